The van der Waals surface area contributed by atoms with Gasteiger partial charge in [-0.3, -0.25) is 14.2 Å². The molecule has 198 valence electrons. The first-order valence-corrected chi connectivity index (χ1v) is 15.8. The summed E-state index contributed by atoms with van der Waals surface area (Å²) in [6.45, 7) is 11.2. The number of rotatable bonds is 6. The third-order valence-electron chi connectivity index (χ3n) is 8.53. The van der Waals surface area contributed by atoms with Gasteiger partial charge in [0.1, 0.15) is 0 Å². The molecule has 0 radical (unpaired) electrons. The molecule has 4 rings (SSSR count). The van der Waals surface area contributed by atoms with Crippen LogP contribution in [0.15, 0.2) is 64.3 Å². The van der Waals surface area contributed by atoms with Gasteiger partial charge in [-0.15, -0.1) is 0 Å². The molecule has 2 aromatic rings. The summed E-state index contributed by atoms with van der Waals surface area (Å²) in [5, 5.41) is 0. The standard InChI is InChI=1S/C33H44N2OS/c1-7-27-14-12-23(3)25(5)31-19-26(17-18-37(6)36)9-8-10-29(31)33(27)35-28-15-13-24(4)30(20-28)32-16-11-22(2)21-34-32/h11-13,15-16,20-21,25-27H,7-10,14,17-19H2,1-6H3. The highest BCUT2D eigenvalue weighted by molar-refractivity contribution is 7.84. The molecule has 0 saturated heterocycles. The van der Waals surface area contributed by atoms with Crippen LogP contribution in [-0.2, 0) is 10.8 Å². The summed E-state index contributed by atoms with van der Waals surface area (Å²) in [5.74, 6) is 2.30. The van der Waals surface area contributed by atoms with Crippen LogP contribution in [0.4, 0.5) is 5.69 Å². The van der Waals surface area contributed by atoms with Crippen molar-refractivity contribution in [2.24, 2.45) is 22.7 Å². The van der Waals surface area contributed by atoms with Crippen LogP contribution in [-0.4, -0.2) is 26.9 Å². The van der Waals surface area contributed by atoms with Crippen molar-refractivity contribution < 1.29 is 4.21 Å². The predicted octanol–water partition coefficient (Wildman–Crippen LogP) is 8.71. The highest BCUT2D eigenvalue weighted by Gasteiger charge is 2.30. The smallest absolute Gasteiger partial charge is 0.0705 e. The monoisotopic (exact) mass is 516 g/mol. The molecular formula is C33H44N2OS. The Labute approximate surface area is 227 Å². The van der Waals surface area contributed by atoms with E-state index in [2.05, 4.69) is 71.0 Å². The SMILES string of the molecule is CCC1CC=C(C)C(C)C2=C(CCCC(CCS(C)=O)C2)C1=Nc1ccc(C)c(-c2ccc(C)cn2)c1. The van der Waals surface area contributed by atoms with Gasteiger partial charge in [-0.25, -0.2) is 0 Å². The van der Waals surface area contributed by atoms with Gasteiger partial charge < -0.3 is 0 Å². The Hall–Kier alpha value is -2.33. The number of aliphatic imine (C=N–C) groups is 1. The number of hydrogen-bond acceptors (Lipinski definition) is 3. The van der Waals surface area contributed by atoms with E-state index in [4.69, 9.17) is 9.98 Å². The Morgan fingerprint density at radius 3 is 2.65 bits per heavy atom. The molecule has 0 bridgehead atoms. The molecule has 0 saturated carbocycles. The van der Waals surface area contributed by atoms with Gasteiger partial charge in [-0.05, 0) is 112 Å². The fourth-order valence-corrected chi connectivity index (χ4v) is 6.62. The molecule has 3 nitrogen and oxygen atoms in total. The topological polar surface area (TPSA) is 42.3 Å². The molecule has 4 heteroatoms. The summed E-state index contributed by atoms with van der Waals surface area (Å²) < 4.78 is 11.8. The van der Waals surface area contributed by atoms with Crippen LogP contribution in [0.3, 0.4) is 0 Å². The van der Waals surface area contributed by atoms with Gasteiger partial charge >= 0.3 is 0 Å². The molecule has 0 fully saturated rings. The maximum absolute atomic E-state index is 11.8. The Morgan fingerprint density at radius 1 is 1.14 bits per heavy atom. The summed E-state index contributed by atoms with van der Waals surface area (Å²) in [6.07, 6.45) is 14.1. The van der Waals surface area contributed by atoms with Crippen molar-refractivity contribution in [2.75, 3.05) is 12.0 Å². The molecule has 1 heterocycles. The second-order valence-corrected chi connectivity index (χ2v) is 12.8. The third-order valence-corrected chi connectivity index (χ3v) is 9.34. The van der Waals surface area contributed by atoms with Crippen LogP contribution in [0, 0.1) is 31.6 Å². The van der Waals surface area contributed by atoms with Crippen molar-refractivity contribution >= 4 is 22.2 Å². The summed E-state index contributed by atoms with van der Waals surface area (Å²) >= 11 is 0. The van der Waals surface area contributed by atoms with Crippen LogP contribution in [0.2, 0.25) is 0 Å². The number of hydrogen-bond donors (Lipinski definition) is 0. The van der Waals surface area contributed by atoms with Crippen molar-refractivity contribution in [1.29, 1.82) is 0 Å². The Kier molecular flexibility index (Phi) is 9.34. The van der Waals surface area contributed by atoms with E-state index in [9.17, 15) is 4.21 Å². The summed E-state index contributed by atoms with van der Waals surface area (Å²) in [5.41, 5.74) is 11.5. The van der Waals surface area contributed by atoms with Gasteiger partial charge in [0.25, 0.3) is 0 Å². The zero-order chi connectivity index (χ0) is 26.5. The number of nitrogens with zero attached hydrogens (tertiary/aromatic N) is 2. The maximum Gasteiger partial charge on any atom is 0.0705 e. The molecule has 2 aliphatic carbocycles. The summed E-state index contributed by atoms with van der Waals surface area (Å²) in [4.78, 5) is 10.2. The van der Waals surface area contributed by atoms with E-state index in [1.54, 1.807) is 5.57 Å². The molecule has 1 aromatic carbocycles. The predicted molar refractivity (Wildman–Crippen MR) is 160 cm³/mol. The van der Waals surface area contributed by atoms with Crippen molar-refractivity contribution in [3.63, 3.8) is 0 Å². The normalized spacial score (nSPS) is 24.6. The minimum absolute atomic E-state index is 0.425. The van der Waals surface area contributed by atoms with Crippen LogP contribution >= 0.6 is 0 Å². The third kappa shape index (κ3) is 6.76. The quantitative estimate of drug-likeness (QED) is 0.360. The van der Waals surface area contributed by atoms with Gasteiger partial charge in [0.15, 0.2) is 0 Å². The molecule has 4 atom stereocenters. The number of benzene rings is 1. The molecule has 0 spiro atoms. The number of aryl methyl sites for hydroxylation is 2. The highest BCUT2D eigenvalue weighted by atomic mass is 32.2. The highest BCUT2D eigenvalue weighted by Crippen LogP contribution is 2.41. The van der Waals surface area contributed by atoms with Crippen molar-refractivity contribution in [1.82, 2.24) is 4.98 Å². The average molecular weight is 517 g/mol. The fraction of sp³-hybridized carbons (Fsp3) is 0.515. The lowest BCUT2D eigenvalue weighted by atomic mass is 9.77. The van der Waals surface area contributed by atoms with E-state index in [1.165, 1.54) is 40.8 Å². The van der Waals surface area contributed by atoms with Gasteiger partial charge in [-0.2, -0.15) is 0 Å². The van der Waals surface area contributed by atoms with Crippen molar-refractivity contribution in [2.45, 2.75) is 79.6 Å². The minimum atomic E-state index is -0.723. The Bertz CT molecular complexity index is 1220. The lowest BCUT2D eigenvalue weighted by molar-refractivity contribution is 0.455. The Balaban J connectivity index is 1.80. The molecular weight excluding hydrogens is 472 g/mol. The fourth-order valence-electron chi connectivity index (χ4n) is 5.95. The van der Waals surface area contributed by atoms with Crippen LogP contribution in [0.25, 0.3) is 11.3 Å². The molecule has 4 unspecified atom stereocenters. The van der Waals surface area contributed by atoms with Crippen LogP contribution in [0.5, 0.6) is 0 Å². The number of allylic oxidation sites excluding steroid dienone is 4. The molecule has 0 amide bonds. The molecule has 2 aliphatic rings. The van der Waals surface area contributed by atoms with Gasteiger partial charge in [0.2, 0.25) is 0 Å². The molecule has 37 heavy (non-hydrogen) atoms. The Morgan fingerprint density at radius 2 is 1.95 bits per heavy atom. The average Bonchev–Trinajstić information content (AvgIpc) is 3.10. The first-order valence-electron chi connectivity index (χ1n) is 14.1. The zero-order valence-electron chi connectivity index (χ0n) is 23.6. The van der Waals surface area contributed by atoms with E-state index >= 15 is 0 Å². The van der Waals surface area contributed by atoms with Crippen molar-refractivity contribution in [3.05, 3.63) is 70.5 Å². The summed E-state index contributed by atoms with van der Waals surface area (Å²) in [6, 6.07) is 10.8. The van der Waals surface area contributed by atoms with Gasteiger partial charge in [0.05, 0.1) is 11.4 Å². The number of aromatic nitrogens is 1. The second kappa shape index (κ2) is 12.5. The maximum atomic E-state index is 11.8. The lowest BCUT2D eigenvalue weighted by Crippen LogP contribution is -2.22. The second-order valence-electron chi connectivity index (χ2n) is 11.3. The van der Waals surface area contributed by atoms with Gasteiger partial charge in [-0.1, -0.05) is 43.2 Å². The largest absolute Gasteiger partial charge is 0.260 e. The van der Waals surface area contributed by atoms with E-state index in [-0.39, 0.29) is 0 Å². The number of pyridine rings is 1. The first kappa shape index (κ1) is 27.7. The molecule has 1 aromatic heterocycles. The van der Waals surface area contributed by atoms with Crippen LogP contribution < -0.4 is 0 Å². The van der Waals surface area contributed by atoms with Crippen LogP contribution in [0.1, 0.15) is 76.8 Å². The van der Waals surface area contributed by atoms with E-state index in [1.807, 2.05) is 12.5 Å². The van der Waals surface area contributed by atoms with Gasteiger partial charge in [0, 0.05) is 46.2 Å². The minimum Gasteiger partial charge on any atom is -0.260 e. The summed E-state index contributed by atoms with van der Waals surface area (Å²) in [7, 11) is -0.723. The zero-order valence-corrected chi connectivity index (χ0v) is 24.5. The van der Waals surface area contributed by atoms with Crippen molar-refractivity contribution in [3.8, 4) is 11.3 Å². The molecule has 0 aliphatic heterocycles. The van der Waals surface area contributed by atoms with E-state index < -0.39 is 10.8 Å². The molecule has 0 N–H and O–H groups in total. The lowest BCUT2D eigenvalue weighted by Gasteiger charge is -2.29. The van der Waals surface area contributed by atoms with E-state index in [0.717, 1.165) is 54.8 Å². The first-order chi connectivity index (χ1) is 17.8. The van der Waals surface area contributed by atoms with E-state index in [0.29, 0.717) is 17.8 Å².